The molecule has 1 N–H and O–H groups in total. The molecule has 0 amide bonds. The van der Waals surface area contributed by atoms with Gasteiger partial charge in [0.1, 0.15) is 6.04 Å². The molecule has 0 saturated carbocycles. The normalized spacial score (nSPS) is 18.4. The topological polar surface area (TPSA) is 24.4 Å². The number of halogens is 2. The highest BCUT2D eigenvalue weighted by Crippen LogP contribution is 2.41. The van der Waals surface area contributed by atoms with E-state index in [-0.39, 0.29) is 18.4 Å². The fourth-order valence-corrected chi connectivity index (χ4v) is 3.74. The summed E-state index contributed by atoms with van der Waals surface area (Å²) in [6.45, 7) is 4.12. The minimum Gasteiger partial charge on any atom is -0.349 e. The van der Waals surface area contributed by atoms with E-state index in [0.29, 0.717) is 0 Å². The molecule has 0 aliphatic carbocycles. The molecule has 1 aromatic carbocycles. The van der Waals surface area contributed by atoms with Crippen LogP contribution in [0.5, 0.6) is 0 Å². The molecule has 1 atom stereocenters. The summed E-state index contributed by atoms with van der Waals surface area (Å²) in [5.41, 5.74) is 2.26. The van der Waals surface area contributed by atoms with Crippen LogP contribution in [0.3, 0.4) is 0 Å². The number of hydrogen-bond acceptors (Lipinski definition) is 3. The van der Waals surface area contributed by atoms with Crippen molar-refractivity contribution >= 4 is 51.8 Å². The molecule has 1 aliphatic heterocycles. The van der Waals surface area contributed by atoms with Crippen LogP contribution in [0.15, 0.2) is 40.0 Å². The number of nitrogens with zero attached hydrogens (tertiary/aromatic N) is 1. The van der Waals surface area contributed by atoms with Crippen LogP contribution < -0.4 is 5.32 Å². The van der Waals surface area contributed by atoms with Crippen LogP contribution in [0.2, 0.25) is 0 Å². The van der Waals surface area contributed by atoms with Crippen molar-refractivity contribution in [2.24, 2.45) is 4.99 Å². The van der Waals surface area contributed by atoms with Gasteiger partial charge in [0, 0.05) is 15.3 Å². The van der Waals surface area contributed by atoms with Gasteiger partial charge in [-0.2, -0.15) is 0 Å². The van der Waals surface area contributed by atoms with Gasteiger partial charge in [-0.1, -0.05) is 29.8 Å². The van der Waals surface area contributed by atoms with Gasteiger partial charge in [0.15, 0.2) is 0 Å². The van der Waals surface area contributed by atoms with Crippen molar-refractivity contribution in [3.05, 3.63) is 45.4 Å². The fourth-order valence-electron chi connectivity index (χ4n) is 2.18. The molecule has 1 aliphatic rings. The van der Waals surface area contributed by atoms with Crippen molar-refractivity contribution in [2.45, 2.75) is 19.9 Å². The largest absolute Gasteiger partial charge is 0.349 e. The Morgan fingerprint density at radius 3 is 2.74 bits per heavy atom. The van der Waals surface area contributed by atoms with Gasteiger partial charge in [-0.05, 0) is 30.9 Å². The lowest BCUT2D eigenvalue weighted by atomic mass is 10.1. The van der Waals surface area contributed by atoms with Crippen molar-refractivity contribution in [1.82, 2.24) is 5.32 Å². The van der Waals surface area contributed by atoms with Crippen molar-refractivity contribution < 1.29 is 0 Å². The summed E-state index contributed by atoms with van der Waals surface area (Å²) >= 11 is 8.15. The lowest BCUT2D eigenvalue weighted by Crippen LogP contribution is -2.17. The molecular formula is C14H14Cl2N2S. The van der Waals surface area contributed by atoms with Gasteiger partial charge < -0.3 is 5.32 Å². The summed E-state index contributed by atoms with van der Waals surface area (Å²) in [7, 11) is 0. The summed E-state index contributed by atoms with van der Waals surface area (Å²) < 4.78 is 1.29. The number of aliphatic imine (C=N–C) groups is 1. The molecular weight excluding hydrogens is 299 g/mol. The van der Waals surface area contributed by atoms with Crippen LogP contribution in [0.4, 0.5) is 0 Å². The molecule has 0 spiro atoms. The second-order valence-corrected chi connectivity index (χ2v) is 5.88. The average molecular weight is 313 g/mol. The Kier molecular flexibility index (Phi) is 4.19. The summed E-state index contributed by atoms with van der Waals surface area (Å²) in [5, 5.41) is 5.13. The van der Waals surface area contributed by atoms with E-state index in [1.807, 2.05) is 6.92 Å². The second-order valence-electron chi connectivity index (χ2n) is 4.39. The van der Waals surface area contributed by atoms with Crippen molar-refractivity contribution in [1.29, 1.82) is 0 Å². The SMILES string of the molecule is CC1=C(Cl)C(c2sc3ccccc3c2C)N=CN1.Cl. The molecule has 1 unspecified atom stereocenters. The zero-order valence-electron chi connectivity index (χ0n) is 10.6. The van der Waals surface area contributed by atoms with E-state index in [2.05, 4.69) is 41.5 Å². The van der Waals surface area contributed by atoms with E-state index in [9.17, 15) is 0 Å². The summed E-state index contributed by atoms with van der Waals surface area (Å²) in [4.78, 5) is 5.71. The van der Waals surface area contributed by atoms with Gasteiger partial charge in [-0.15, -0.1) is 23.7 Å². The Hall–Kier alpha value is -1.03. The van der Waals surface area contributed by atoms with E-state index < -0.39 is 0 Å². The fraction of sp³-hybridized carbons (Fsp3) is 0.214. The molecule has 2 heterocycles. The zero-order valence-corrected chi connectivity index (χ0v) is 13.0. The first-order chi connectivity index (χ1) is 8.68. The van der Waals surface area contributed by atoms with Crippen LogP contribution in [-0.2, 0) is 0 Å². The lowest BCUT2D eigenvalue weighted by Gasteiger charge is -2.18. The zero-order chi connectivity index (χ0) is 12.7. The predicted octanol–water partition coefficient (Wildman–Crippen LogP) is 4.77. The van der Waals surface area contributed by atoms with Gasteiger partial charge in [-0.3, -0.25) is 4.99 Å². The first kappa shape index (κ1) is 14.4. The number of allylic oxidation sites excluding steroid dienone is 1. The Labute approximate surface area is 127 Å². The third kappa shape index (κ3) is 2.38. The average Bonchev–Trinajstić information content (AvgIpc) is 2.71. The molecule has 0 radical (unpaired) electrons. The van der Waals surface area contributed by atoms with Gasteiger partial charge in [0.25, 0.3) is 0 Å². The van der Waals surface area contributed by atoms with Gasteiger partial charge in [0.2, 0.25) is 0 Å². The molecule has 2 aromatic rings. The smallest absolute Gasteiger partial charge is 0.123 e. The number of thiophene rings is 1. The van der Waals surface area contributed by atoms with Crippen LogP contribution in [0.25, 0.3) is 10.1 Å². The maximum Gasteiger partial charge on any atom is 0.123 e. The number of nitrogens with one attached hydrogen (secondary N) is 1. The molecule has 5 heteroatoms. The molecule has 19 heavy (non-hydrogen) atoms. The highest BCUT2D eigenvalue weighted by atomic mass is 35.5. The van der Waals surface area contributed by atoms with E-state index in [4.69, 9.17) is 11.6 Å². The molecule has 0 saturated heterocycles. The Morgan fingerprint density at radius 1 is 1.26 bits per heavy atom. The Balaban J connectivity index is 0.00000133. The Bertz CT molecular complexity index is 673. The quantitative estimate of drug-likeness (QED) is 0.805. The maximum absolute atomic E-state index is 6.38. The Morgan fingerprint density at radius 2 is 2.00 bits per heavy atom. The minimum atomic E-state index is -0.0506. The summed E-state index contributed by atoms with van der Waals surface area (Å²) in [6, 6.07) is 8.38. The van der Waals surface area contributed by atoms with E-state index in [1.165, 1.54) is 20.5 Å². The van der Waals surface area contributed by atoms with Crippen molar-refractivity contribution in [3.8, 4) is 0 Å². The minimum absolute atomic E-state index is 0. The predicted molar refractivity (Wildman–Crippen MR) is 86.7 cm³/mol. The summed E-state index contributed by atoms with van der Waals surface area (Å²) in [5.74, 6) is 0. The molecule has 2 nitrogen and oxygen atoms in total. The number of benzene rings is 1. The van der Waals surface area contributed by atoms with Crippen LogP contribution in [0.1, 0.15) is 23.4 Å². The van der Waals surface area contributed by atoms with Gasteiger partial charge in [-0.25, -0.2) is 0 Å². The van der Waals surface area contributed by atoms with Gasteiger partial charge >= 0.3 is 0 Å². The number of aryl methyl sites for hydroxylation is 1. The summed E-state index contributed by atoms with van der Waals surface area (Å²) in [6.07, 6.45) is 1.73. The monoisotopic (exact) mass is 312 g/mol. The lowest BCUT2D eigenvalue weighted by molar-refractivity contribution is 0.850. The highest BCUT2D eigenvalue weighted by Gasteiger charge is 2.23. The first-order valence-electron chi connectivity index (χ1n) is 5.81. The maximum atomic E-state index is 6.38. The highest BCUT2D eigenvalue weighted by molar-refractivity contribution is 7.19. The van der Waals surface area contributed by atoms with E-state index >= 15 is 0 Å². The number of rotatable bonds is 1. The third-order valence-corrected chi connectivity index (χ3v) is 5.05. The second kappa shape index (κ2) is 5.53. The molecule has 1 aromatic heterocycles. The third-order valence-electron chi connectivity index (χ3n) is 3.23. The van der Waals surface area contributed by atoms with Crippen molar-refractivity contribution in [3.63, 3.8) is 0 Å². The van der Waals surface area contributed by atoms with E-state index in [1.54, 1.807) is 17.7 Å². The molecule has 100 valence electrons. The standard InChI is InChI=1S/C14H13ClN2S.ClH/c1-8-10-5-3-4-6-11(10)18-14(8)13-12(15)9(2)16-7-17-13;/h3-7,13H,1-2H3,(H,16,17);1H. The van der Waals surface area contributed by atoms with Crippen molar-refractivity contribution in [2.75, 3.05) is 0 Å². The molecule has 3 rings (SSSR count). The van der Waals surface area contributed by atoms with Crippen LogP contribution in [0, 0.1) is 6.92 Å². The number of hydrogen-bond donors (Lipinski definition) is 1. The van der Waals surface area contributed by atoms with Crippen LogP contribution in [-0.4, -0.2) is 6.34 Å². The molecule has 0 bridgehead atoms. The molecule has 0 fully saturated rings. The van der Waals surface area contributed by atoms with Gasteiger partial charge in [0.05, 0.1) is 11.4 Å². The number of fused-ring (bicyclic) bond motifs is 1. The first-order valence-corrected chi connectivity index (χ1v) is 7.00. The van der Waals surface area contributed by atoms with E-state index in [0.717, 1.165) is 10.7 Å². The van der Waals surface area contributed by atoms with Crippen LogP contribution >= 0.6 is 35.3 Å².